The summed E-state index contributed by atoms with van der Waals surface area (Å²) < 4.78 is 13.2. The molecule has 1 aromatic heterocycles. The first kappa shape index (κ1) is 21.4. The number of carbonyl (C=O) groups excluding carboxylic acids is 1. The first-order valence-electron chi connectivity index (χ1n) is 7.80. The molecule has 0 aliphatic heterocycles. The third-order valence-corrected chi connectivity index (χ3v) is 5.22. The summed E-state index contributed by atoms with van der Waals surface area (Å²) in [7, 11) is 0. The predicted molar refractivity (Wildman–Crippen MR) is 103 cm³/mol. The van der Waals surface area contributed by atoms with Crippen molar-refractivity contribution in [2.45, 2.75) is 23.5 Å². The molecule has 0 fully saturated rings. The highest BCUT2D eigenvalue weighted by atomic mass is 35.5. The lowest BCUT2D eigenvalue weighted by atomic mass is 10.0. The Morgan fingerprint density at radius 2 is 1.81 bits per heavy atom. The SMILES string of the molecule is O=C(O)NCc1ccc(-c2ccc([C@@H](O)[C@@H](CF)NC(=O)C(Cl)Cl)cc2)s1. The number of aliphatic hydroxyl groups is 1. The summed E-state index contributed by atoms with van der Waals surface area (Å²) in [5.74, 6) is -0.780. The second-order valence-corrected chi connectivity index (χ2v) is 7.83. The Morgan fingerprint density at radius 1 is 1.15 bits per heavy atom. The number of carbonyl (C=O) groups is 2. The smallest absolute Gasteiger partial charge is 0.404 e. The lowest BCUT2D eigenvalue weighted by molar-refractivity contribution is -0.121. The lowest BCUT2D eigenvalue weighted by Gasteiger charge is -2.22. The van der Waals surface area contributed by atoms with Gasteiger partial charge in [0.15, 0.2) is 4.84 Å². The van der Waals surface area contributed by atoms with Crippen molar-refractivity contribution in [3.63, 3.8) is 0 Å². The van der Waals surface area contributed by atoms with Gasteiger partial charge in [-0.25, -0.2) is 9.18 Å². The number of hydrogen-bond acceptors (Lipinski definition) is 4. The Morgan fingerprint density at radius 3 is 2.37 bits per heavy atom. The molecule has 0 saturated carbocycles. The van der Waals surface area contributed by atoms with Crippen LogP contribution < -0.4 is 10.6 Å². The Labute approximate surface area is 168 Å². The maximum atomic E-state index is 13.2. The molecule has 0 unspecified atom stereocenters. The molecule has 2 aromatic rings. The third-order valence-electron chi connectivity index (χ3n) is 3.69. The van der Waals surface area contributed by atoms with Gasteiger partial charge in [-0.15, -0.1) is 11.3 Å². The van der Waals surface area contributed by atoms with Gasteiger partial charge < -0.3 is 20.8 Å². The van der Waals surface area contributed by atoms with Crippen LogP contribution in [0, 0.1) is 0 Å². The topological polar surface area (TPSA) is 98.7 Å². The van der Waals surface area contributed by atoms with Crippen LogP contribution in [-0.4, -0.2) is 39.8 Å². The first-order chi connectivity index (χ1) is 12.8. The number of nitrogens with one attached hydrogen (secondary N) is 2. The van der Waals surface area contributed by atoms with E-state index in [-0.39, 0.29) is 6.54 Å². The molecule has 10 heteroatoms. The number of thiophene rings is 1. The van der Waals surface area contributed by atoms with Crippen LogP contribution in [0.5, 0.6) is 0 Å². The molecule has 146 valence electrons. The van der Waals surface area contributed by atoms with Crippen LogP contribution in [0.15, 0.2) is 36.4 Å². The second kappa shape index (κ2) is 9.89. The summed E-state index contributed by atoms with van der Waals surface area (Å²) in [5.41, 5.74) is 1.28. The molecular weight excluding hydrogens is 418 g/mol. The van der Waals surface area contributed by atoms with Gasteiger partial charge >= 0.3 is 6.09 Å². The highest BCUT2D eigenvalue weighted by molar-refractivity contribution is 7.15. The lowest BCUT2D eigenvalue weighted by Crippen LogP contribution is -2.43. The molecule has 1 heterocycles. The molecule has 0 aliphatic rings. The number of hydrogen-bond donors (Lipinski definition) is 4. The molecule has 0 saturated heterocycles. The van der Waals surface area contributed by atoms with Crippen molar-refractivity contribution in [1.82, 2.24) is 10.6 Å². The van der Waals surface area contributed by atoms with Gasteiger partial charge in [-0.2, -0.15) is 0 Å². The zero-order valence-corrected chi connectivity index (χ0v) is 16.2. The molecule has 0 spiro atoms. The van der Waals surface area contributed by atoms with Gasteiger partial charge in [-0.05, 0) is 23.3 Å². The highest BCUT2D eigenvalue weighted by Gasteiger charge is 2.25. The van der Waals surface area contributed by atoms with E-state index in [1.165, 1.54) is 11.3 Å². The second-order valence-electron chi connectivity index (χ2n) is 5.56. The maximum Gasteiger partial charge on any atom is 0.404 e. The average Bonchev–Trinajstić information content (AvgIpc) is 3.12. The van der Waals surface area contributed by atoms with E-state index >= 15 is 0 Å². The van der Waals surface area contributed by atoms with Gasteiger partial charge in [0.05, 0.1) is 12.6 Å². The maximum absolute atomic E-state index is 13.2. The van der Waals surface area contributed by atoms with Crippen LogP contribution in [-0.2, 0) is 11.3 Å². The van der Waals surface area contributed by atoms with Gasteiger partial charge in [0.1, 0.15) is 12.8 Å². The molecule has 27 heavy (non-hydrogen) atoms. The standard InChI is InChI=1S/C17H17Cl2FN2O4S/c18-15(19)16(24)22-12(7-20)14(23)10-3-1-9(2-4-10)13-6-5-11(27-13)8-21-17(25)26/h1-6,12,14-15,21,23H,7-8H2,(H,22,24)(H,25,26)/t12-,14-/m1/s1. The van der Waals surface area contributed by atoms with E-state index < -0.39 is 35.7 Å². The van der Waals surface area contributed by atoms with Crippen molar-refractivity contribution in [2.75, 3.05) is 6.67 Å². The molecule has 0 bridgehead atoms. The molecule has 2 amide bonds. The molecule has 1 aromatic carbocycles. The van der Waals surface area contributed by atoms with Crippen LogP contribution in [0.3, 0.4) is 0 Å². The zero-order chi connectivity index (χ0) is 20.0. The minimum atomic E-state index is -1.35. The zero-order valence-electron chi connectivity index (χ0n) is 13.9. The summed E-state index contributed by atoms with van der Waals surface area (Å²) in [6.45, 7) is -0.767. The van der Waals surface area contributed by atoms with E-state index in [1.807, 2.05) is 12.1 Å². The summed E-state index contributed by atoms with van der Waals surface area (Å²) in [6, 6.07) is 9.27. The highest BCUT2D eigenvalue weighted by Crippen LogP contribution is 2.29. The first-order valence-corrected chi connectivity index (χ1v) is 9.49. The number of halogens is 3. The fourth-order valence-electron chi connectivity index (χ4n) is 2.32. The minimum absolute atomic E-state index is 0.219. The van der Waals surface area contributed by atoms with Gasteiger partial charge in [0.25, 0.3) is 5.91 Å². The molecule has 0 aliphatic carbocycles. The number of rotatable bonds is 8. The summed E-state index contributed by atoms with van der Waals surface area (Å²) in [6.07, 6.45) is -2.36. The van der Waals surface area contributed by atoms with E-state index in [0.717, 1.165) is 15.3 Å². The van der Waals surface area contributed by atoms with Crippen LogP contribution in [0.1, 0.15) is 16.5 Å². The fourth-order valence-corrected chi connectivity index (χ4v) is 3.39. The Kier molecular flexibility index (Phi) is 7.85. The predicted octanol–water partition coefficient (Wildman–Crippen LogP) is 3.47. The van der Waals surface area contributed by atoms with Gasteiger partial charge in [0, 0.05) is 9.75 Å². The van der Waals surface area contributed by atoms with Crippen LogP contribution in [0.2, 0.25) is 0 Å². The van der Waals surface area contributed by atoms with Crippen LogP contribution in [0.4, 0.5) is 9.18 Å². The van der Waals surface area contributed by atoms with Crippen molar-refractivity contribution in [3.8, 4) is 10.4 Å². The number of aliphatic hydroxyl groups excluding tert-OH is 1. The molecular formula is C17H17Cl2FN2O4S. The van der Waals surface area contributed by atoms with Crippen LogP contribution >= 0.6 is 34.5 Å². The summed E-state index contributed by atoms with van der Waals surface area (Å²) in [4.78, 5) is 22.5. The molecule has 2 rings (SSSR count). The third kappa shape index (κ3) is 6.07. The van der Waals surface area contributed by atoms with E-state index in [0.29, 0.717) is 5.56 Å². The average molecular weight is 435 g/mol. The molecule has 2 atom stereocenters. The van der Waals surface area contributed by atoms with Crippen LogP contribution in [0.25, 0.3) is 10.4 Å². The fraction of sp³-hybridized carbons (Fsp3) is 0.294. The van der Waals surface area contributed by atoms with E-state index in [9.17, 15) is 19.1 Å². The van der Waals surface area contributed by atoms with Crippen molar-refractivity contribution < 1.29 is 24.2 Å². The van der Waals surface area contributed by atoms with Gasteiger partial charge in [0.2, 0.25) is 0 Å². The van der Waals surface area contributed by atoms with Crippen molar-refractivity contribution in [1.29, 1.82) is 0 Å². The summed E-state index contributed by atoms with van der Waals surface area (Å²) >= 11 is 12.3. The van der Waals surface area contributed by atoms with E-state index in [1.54, 1.807) is 24.3 Å². The van der Waals surface area contributed by atoms with Gasteiger partial charge in [-0.1, -0.05) is 47.5 Å². The largest absolute Gasteiger partial charge is 0.465 e. The van der Waals surface area contributed by atoms with Crippen molar-refractivity contribution in [3.05, 3.63) is 46.8 Å². The Hall–Kier alpha value is -1.87. The summed E-state index contributed by atoms with van der Waals surface area (Å²) in [5, 5.41) is 23.5. The number of amides is 2. The quantitative estimate of drug-likeness (QED) is 0.478. The van der Waals surface area contributed by atoms with E-state index in [2.05, 4.69) is 10.6 Å². The van der Waals surface area contributed by atoms with Crippen molar-refractivity contribution in [2.24, 2.45) is 0 Å². The monoisotopic (exact) mass is 434 g/mol. The number of carboxylic acid groups (broad SMARTS) is 1. The molecule has 6 nitrogen and oxygen atoms in total. The Bertz CT molecular complexity index is 785. The van der Waals surface area contributed by atoms with E-state index in [4.69, 9.17) is 28.3 Å². The Balaban J connectivity index is 2.07. The molecule has 4 N–H and O–H groups in total. The van der Waals surface area contributed by atoms with Gasteiger partial charge in [-0.3, -0.25) is 4.79 Å². The number of alkyl halides is 3. The normalized spacial score (nSPS) is 13.2. The van der Waals surface area contributed by atoms with Crippen molar-refractivity contribution >= 4 is 46.5 Å². The molecule has 0 radical (unpaired) electrons. The number of benzene rings is 1. The minimum Gasteiger partial charge on any atom is -0.465 e.